The van der Waals surface area contributed by atoms with Gasteiger partial charge in [-0.2, -0.15) is 5.10 Å². The van der Waals surface area contributed by atoms with Gasteiger partial charge in [0.05, 0.1) is 18.7 Å². The molecule has 0 aliphatic carbocycles. The number of benzene rings is 1. The highest BCUT2D eigenvalue weighted by molar-refractivity contribution is 5.78. The van der Waals surface area contributed by atoms with Gasteiger partial charge in [0.15, 0.2) is 0 Å². The quantitative estimate of drug-likeness (QED) is 0.898. The van der Waals surface area contributed by atoms with Gasteiger partial charge in [-0.25, -0.2) is 4.68 Å². The number of hydrogen-bond donors (Lipinski definition) is 1. The summed E-state index contributed by atoms with van der Waals surface area (Å²) >= 11 is 0. The zero-order valence-electron chi connectivity index (χ0n) is 12.3. The van der Waals surface area contributed by atoms with Gasteiger partial charge < -0.3 is 5.32 Å². The Morgan fingerprint density at radius 2 is 1.95 bits per heavy atom. The second-order valence-electron chi connectivity index (χ2n) is 4.99. The molecule has 0 saturated heterocycles. The van der Waals surface area contributed by atoms with Crippen LogP contribution in [-0.4, -0.2) is 22.2 Å². The summed E-state index contributed by atoms with van der Waals surface area (Å²) in [5.41, 5.74) is 2.74. The summed E-state index contributed by atoms with van der Waals surface area (Å²) < 4.78 is 1.36. The van der Waals surface area contributed by atoms with E-state index in [1.165, 1.54) is 10.7 Å². The van der Waals surface area contributed by atoms with Crippen LogP contribution in [0.1, 0.15) is 16.8 Å². The van der Waals surface area contributed by atoms with Crippen molar-refractivity contribution >= 4 is 5.91 Å². The van der Waals surface area contributed by atoms with Gasteiger partial charge in [0.1, 0.15) is 0 Å². The lowest BCUT2D eigenvalue weighted by Crippen LogP contribution is -2.32. The van der Waals surface area contributed by atoms with Gasteiger partial charge in [-0.15, -0.1) is 0 Å². The Balaban J connectivity index is 1.86. The van der Waals surface area contributed by atoms with E-state index in [0.717, 1.165) is 16.8 Å². The van der Waals surface area contributed by atoms with E-state index in [9.17, 15) is 9.59 Å². The lowest BCUT2D eigenvalue weighted by Gasteiger charge is -2.08. The van der Waals surface area contributed by atoms with Crippen LogP contribution < -0.4 is 10.9 Å². The van der Waals surface area contributed by atoms with Crippen molar-refractivity contribution < 1.29 is 4.79 Å². The summed E-state index contributed by atoms with van der Waals surface area (Å²) in [6.07, 6.45) is 0.350. The topological polar surface area (TPSA) is 64.0 Å². The standard InChI is InChI=1S/C16H19N3O2/c1-12-5-3-4-6-14(12)11-15(20)17-9-10-19-16(21)8-7-13(2)18-19/h3-8H,9-11H2,1-2H3,(H,17,20). The Morgan fingerprint density at radius 3 is 2.71 bits per heavy atom. The summed E-state index contributed by atoms with van der Waals surface area (Å²) in [4.78, 5) is 23.5. The van der Waals surface area contributed by atoms with Crippen molar-refractivity contribution in [3.05, 3.63) is 63.6 Å². The van der Waals surface area contributed by atoms with Crippen molar-refractivity contribution in [2.24, 2.45) is 0 Å². The Bertz CT molecular complexity index is 692. The molecule has 1 aromatic carbocycles. The molecule has 0 aliphatic rings. The second-order valence-corrected chi connectivity index (χ2v) is 4.99. The normalized spacial score (nSPS) is 10.4. The number of aryl methyl sites for hydroxylation is 2. The Labute approximate surface area is 123 Å². The van der Waals surface area contributed by atoms with E-state index in [1.54, 1.807) is 6.07 Å². The molecule has 0 spiro atoms. The van der Waals surface area contributed by atoms with E-state index in [1.807, 2.05) is 38.1 Å². The highest BCUT2D eigenvalue weighted by Gasteiger charge is 2.05. The molecule has 0 atom stereocenters. The molecular formula is C16H19N3O2. The third kappa shape index (κ3) is 4.27. The van der Waals surface area contributed by atoms with E-state index in [-0.39, 0.29) is 11.5 Å². The molecule has 1 N–H and O–H groups in total. The maximum atomic E-state index is 11.9. The fourth-order valence-electron chi connectivity index (χ4n) is 2.06. The van der Waals surface area contributed by atoms with E-state index >= 15 is 0 Å². The first-order valence-electron chi connectivity index (χ1n) is 6.92. The van der Waals surface area contributed by atoms with Crippen LogP contribution >= 0.6 is 0 Å². The van der Waals surface area contributed by atoms with Crippen molar-refractivity contribution in [1.82, 2.24) is 15.1 Å². The Hall–Kier alpha value is -2.43. The first-order valence-corrected chi connectivity index (χ1v) is 6.92. The van der Waals surface area contributed by atoms with Crippen LogP contribution in [0.3, 0.4) is 0 Å². The minimum Gasteiger partial charge on any atom is -0.354 e. The van der Waals surface area contributed by atoms with Gasteiger partial charge in [0.2, 0.25) is 5.91 Å². The highest BCUT2D eigenvalue weighted by atomic mass is 16.1. The van der Waals surface area contributed by atoms with Crippen LogP contribution in [0.25, 0.3) is 0 Å². The van der Waals surface area contributed by atoms with Gasteiger partial charge in [0, 0.05) is 12.6 Å². The number of aromatic nitrogens is 2. The molecule has 1 amide bonds. The largest absolute Gasteiger partial charge is 0.354 e. The van der Waals surface area contributed by atoms with Gasteiger partial charge in [-0.05, 0) is 31.0 Å². The van der Waals surface area contributed by atoms with Gasteiger partial charge in [-0.3, -0.25) is 9.59 Å². The van der Waals surface area contributed by atoms with E-state index < -0.39 is 0 Å². The molecule has 0 saturated carbocycles. The number of nitrogens with one attached hydrogen (secondary N) is 1. The zero-order valence-corrected chi connectivity index (χ0v) is 12.3. The maximum absolute atomic E-state index is 11.9. The zero-order chi connectivity index (χ0) is 15.2. The third-order valence-electron chi connectivity index (χ3n) is 3.26. The lowest BCUT2D eigenvalue weighted by molar-refractivity contribution is -0.120. The van der Waals surface area contributed by atoms with Gasteiger partial charge in [-0.1, -0.05) is 24.3 Å². The molecule has 5 nitrogen and oxygen atoms in total. The summed E-state index contributed by atoms with van der Waals surface area (Å²) in [6.45, 7) is 4.58. The molecule has 2 aromatic rings. The molecule has 0 bridgehead atoms. The van der Waals surface area contributed by atoms with Crippen molar-refractivity contribution in [2.45, 2.75) is 26.8 Å². The highest BCUT2D eigenvalue weighted by Crippen LogP contribution is 2.07. The monoisotopic (exact) mass is 285 g/mol. The fraction of sp³-hybridized carbons (Fsp3) is 0.312. The van der Waals surface area contributed by atoms with Gasteiger partial charge >= 0.3 is 0 Å². The molecule has 2 rings (SSSR count). The summed E-state index contributed by atoms with van der Waals surface area (Å²) in [5, 5.41) is 6.94. The van der Waals surface area contributed by atoms with Crippen LogP contribution in [0.5, 0.6) is 0 Å². The molecule has 0 fully saturated rings. The van der Waals surface area contributed by atoms with Crippen LogP contribution in [0, 0.1) is 13.8 Å². The smallest absolute Gasteiger partial charge is 0.266 e. The number of amides is 1. The number of rotatable bonds is 5. The minimum atomic E-state index is -0.159. The molecule has 1 aromatic heterocycles. The molecule has 21 heavy (non-hydrogen) atoms. The average molecular weight is 285 g/mol. The number of carbonyl (C=O) groups excluding carboxylic acids is 1. The molecule has 0 unspecified atom stereocenters. The first-order chi connectivity index (χ1) is 10.1. The van der Waals surface area contributed by atoms with Crippen LogP contribution in [-0.2, 0) is 17.8 Å². The molecule has 110 valence electrons. The van der Waals surface area contributed by atoms with E-state index in [0.29, 0.717) is 19.5 Å². The van der Waals surface area contributed by atoms with Crippen molar-refractivity contribution in [3.63, 3.8) is 0 Å². The predicted molar refractivity (Wildman–Crippen MR) is 81.1 cm³/mol. The van der Waals surface area contributed by atoms with Crippen LogP contribution in [0.4, 0.5) is 0 Å². The summed E-state index contributed by atoms with van der Waals surface area (Å²) in [5.74, 6) is -0.0509. The van der Waals surface area contributed by atoms with E-state index in [4.69, 9.17) is 0 Å². The number of hydrogen-bond acceptors (Lipinski definition) is 3. The molecular weight excluding hydrogens is 266 g/mol. The third-order valence-corrected chi connectivity index (χ3v) is 3.26. The summed E-state index contributed by atoms with van der Waals surface area (Å²) in [7, 11) is 0. The lowest BCUT2D eigenvalue weighted by atomic mass is 10.1. The maximum Gasteiger partial charge on any atom is 0.266 e. The molecule has 5 heteroatoms. The van der Waals surface area contributed by atoms with Crippen LogP contribution in [0.2, 0.25) is 0 Å². The molecule has 1 heterocycles. The molecule has 0 radical (unpaired) electrons. The van der Waals surface area contributed by atoms with Crippen molar-refractivity contribution in [1.29, 1.82) is 0 Å². The predicted octanol–water partition coefficient (Wildman–Crippen LogP) is 1.22. The molecule has 0 aliphatic heterocycles. The average Bonchev–Trinajstić information content (AvgIpc) is 2.45. The van der Waals surface area contributed by atoms with E-state index in [2.05, 4.69) is 10.4 Å². The Kier molecular flexibility index (Phi) is 4.87. The summed E-state index contributed by atoms with van der Waals surface area (Å²) in [6, 6.07) is 11.0. The second kappa shape index (κ2) is 6.83. The fourth-order valence-corrected chi connectivity index (χ4v) is 2.06. The Morgan fingerprint density at radius 1 is 1.19 bits per heavy atom. The van der Waals surface area contributed by atoms with Crippen molar-refractivity contribution in [3.8, 4) is 0 Å². The number of nitrogens with zero attached hydrogens (tertiary/aromatic N) is 2. The van der Waals surface area contributed by atoms with Crippen molar-refractivity contribution in [2.75, 3.05) is 6.54 Å². The number of carbonyl (C=O) groups is 1. The minimum absolute atomic E-state index is 0.0509. The van der Waals surface area contributed by atoms with Gasteiger partial charge in [0.25, 0.3) is 5.56 Å². The first kappa shape index (κ1) is 15.0. The van der Waals surface area contributed by atoms with Crippen LogP contribution in [0.15, 0.2) is 41.2 Å². The SMILES string of the molecule is Cc1ccc(=O)n(CCNC(=O)Cc2ccccc2C)n1.